The summed E-state index contributed by atoms with van der Waals surface area (Å²) in [6, 6.07) is 3.27. The minimum absolute atomic E-state index is 0.264. The van der Waals surface area contributed by atoms with Crippen molar-refractivity contribution in [2.24, 2.45) is 0 Å². The van der Waals surface area contributed by atoms with Gasteiger partial charge in [-0.1, -0.05) is 0 Å². The largest absolute Gasteiger partial charge is 0.507 e. The van der Waals surface area contributed by atoms with Crippen LogP contribution in [0.4, 0.5) is 13.2 Å². The van der Waals surface area contributed by atoms with Crippen LogP contribution in [0.25, 0.3) is 5.69 Å². The lowest BCUT2D eigenvalue weighted by atomic mass is 10.1. The van der Waals surface area contributed by atoms with E-state index in [2.05, 4.69) is 10.2 Å². The van der Waals surface area contributed by atoms with Crippen LogP contribution < -0.4 is 0 Å². The Morgan fingerprint density at radius 2 is 1.67 bits per heavy atom. The normalized spacial score (nSPS) is 11.8. The van der Waals surface area contributed by atoms with Gasteiger partial charge >= 0.3 is 6.18 Å². The van der Waals surface area contributed by atoms with Gasteiger partial charge in [0, 0.05) is 5.69 Å². The standard InChI is InChI=1S/C11H10F3N3O/c1-6-15-16-7(2)17(6)8-3-4-10(18)9(5-8)11(12,13)14/h3-5,18H,1-2H3. The summed E-state index contributed by atoms with van der Waals surface area (Å²) < 4.78 is 39.5. The molecule has 0 saturated heterocycles. The summed E-state index contributed by atoms with van der Waals surface area (Å²) in [5.74, 6) is 0.159. The van der Waals surface area contributed by atoms with Gasteiger partial charge in [0.15, 0.2) is 0 Å². The molecule has 0 bridgehead atoms. The summed E-state index contributed by atoms with van der Waals surface area (Å²) in [4.78, 5) is 0. The van der Waals surface area contributed by atoms with Crippen molar-refractivity contribution in [3.05, 3.63) is 35.4 Å². The SMILES string of the molecule is Cc1nnc(C)n1-c1ccc(O)c(C(F)(F)F)c1. The number of aromatic hydroxyl groups is 1. The lowest BCUT2D eigenvalue weighted by molar-refractivity contribution is -0.138. The van der Waals surface area contributed by atoms with Crippen LogP contribution in [0.1, 0.15) is 17.2 Å². The van der Waals surface area contributed by atoms with Gasteiger partial charge in [-0.2, -0.15) is 13.2 Å². The maximum absolute atomic E-state index is 12.7. The summed E-state index contributed by atoms with van der Waals surface area (Å²) in [7, 11) is 0. The van der Waals surface area contributed by atoms with E-state index in [1.807, 2.05) is 0 Å². The van der Waals surface area contributed by atoms with Gasteiger partial charge in [-0.15, -0.1) is 10.2 Å². The number of halogens is 3. The Balaban J connectivity index is 2.62. The Bertz CT molecular complexity index is 570. The second-order valence-electron chi connectivity index (χ2n) is 3.83. The van der Waals surface area contributed by atoms with Crippen molar-refractivity contribution in [2.45, 2.75) is 20.0 Å². The number of aromatic nitrogens is 3. The van der Waals surface area contributed by atoms with Gasteiger partial charge in [0.25, 0.3) is 0 Å². The first-order valence-corrected chi connectivity index (χ1v) is 5.10. The lowest BCUT2D eigenvalue weighted by Gasteiger charge is -2.12. The van der Waals surface area contributed by atoms with Crippen molar-refractivity contribution in [3.8, 4) is 11.4 Å². The summed E-state index contributed by atoms with van der Waals surface area (Å²) in [5, 5.41) is 16.8. The van der Waals surface area contributed by atoms with E-state index >= 15 is 0 Å². The summed E-state index contributed by atoms with van der Waals surface area (Å²) in [5.41, 5.74) is -0.812. The highest BCUT2D eigenvalue weighted by atomic mass is 19.4. The molecule has 0 spiro atoms. The number of nitrogens with zero attached hydrogens (tertiary/aromatic N) is 3. The van der Waals surface area contributed by atoms with Crippen molar-refractivity contribution in [1.29, 1.82) is 0 Å². The molecule has 0 saturated carbocycles. The van der Waals surface area contributed by atoms with E-state index in [9.17, 15) is 18.3 Å². The third-order valence-corrected chi connectivity index (χ3v) is 2.53. The van der Waals surface area contributed by atoms with Crippen molar-refractivity contribution in [1.82, 2.24) is 14.8 Å². The number of rotatable bonds is 1. The van der Waals surface area contributed by atoms with Crippen LogP contribution >= 0.6 is 0 Å². The molecule has 1 aromatic carbocycles. The van der Waals surface area contributed by atoms with Gasteiger partial charge in [0.1, 0.15) is 17.4 Å². The van der Waals surface area contributed by atoms with Gasteiger partial charge < -0.3 is 5.11 Å². The van der Waals surface area contributed by atoms with Crippen molar-refractivity contribution < 1.29 is 18.3 Å². The molecule has 7 heteroatoms. The fourth-order valence-corrected chi connectivity index (χ4v) is 1.73. The highest BCUT2D eigenvalue weighted by molar-refractivity contribution is 5.45. The van der Waals surface area contributed by atoms with Crippen LogP contribution in [0.15, 0.2) is 18.2 Å². The molecule has 1 N–H and O–H groups in total. The van der Waals surface area contributed by atoms with E-state index in [-0.39, 0.29) is 5.69 Å². The molecule has 0 amide bonds. The molecule has 2 rings (SSSR count). The predicted molar refractivity (Wildman–Crippen MR) is 57.5 cm³/mol. The van der Waals surface area contributed by atoms with Crippen molar-refractivity contribution in [2.75, 3.05) is 0 Å². The first-order valence-electron chi connectivity index (χ1n) is 5.10. The Hall–Kier alpha value is -2.05. The van der Waals surface area contributed by atoms with Gasteiger partial charge in [-0.3, -0.25) is 4.57 Å². The van der Waals surface area contributed by atoms with Crippen molar-refractivity contribution >= 4 is 0 Å². The quantitative estimate of drug-likeness (QED) is 0.854. The predicted octanol–water partition coefficient (Wildman–Crippen LogP) is 2.61. The first-order chi connectivity index (χ1) is 8.30. The number of benzene rings is 1. The first kappa shape index (κ1) is 12.4. The van der Waals surface area contributed by atoms with Crippen molar-refractivity contribution in [3.63, 3.8) is 0 Å². The highest BCUT2D eigenvalue weighted by Gasteiger charge is 2.34. The van der Waals surface area contributed by atoms with E-state index in [0.717, 1.165) is 12.1 Å². The van der Waals surface area contributed by atoms with Crippen LogP contribution in [-0.4, -0.2) is 19.9 Å². The van der Waals surface area contributed by atoms with E-state index < -0.39 is 17.5 Å². The van der Waals surface area contributed by atoms with Crippen LogP contribution in [0.2, 0.25) is 0 Å². The zero-order valence-corrected chi connectivity index (χ0v) is 9.65. The van der Waals surface area contributed by atoms with Crippen LogP contribution in [0.3, 0.4) is 0 Å². The maximum atomic E-state index is 12.7. The van der Waals surface area contributed by atoms with Gasteiger partial charge in [0.05, 0.1) is 5.56 Å². The van der Waals surface area contributed by atoms with Gasteiger partial charge in [0.2, 0.25) is 0 Å². The minimum Gasteiger partial charge on any atom is -0.507 e. The topological polar surface area (TPSA) is 50.9 Å². The molecule has 4 nitrogen and oxygen atoms in total. The number of hydrogen-bond donors (Lipinski definition) is 1. The van der Waals surface area contributed by atoms with E-state index in [1.165, 1.54) is 10.6 Å². The Morgan fingerprint density at radius 1 is 1.11 bits per heavy atom. The second-order valence-corrected chi connectivity index (χ2v) is 3.83. The summed E-state index contributed by atoms with van der Waals surface area (Å²) in [6.45, 7) is 3.28. The Morgan fingerprint density at radius 3 is 2.17 bits per heavy atom. The number of phenols is 1. The third kappa shape index (κ3) is 2.03. The number of aryl methyl sites for hydroxylation is 2. The molecular formula is C11H10F3N3O. The molecular weight excluding hydrogens is 247 g/mol. The Kier molecular flexibility index (Phi) is 2.76. The average Bonchev–Trinajstić information content (AvgIpc) is 2.58. The van der Waals surface area contributed by atoms with Gasteiger partial charge in [-0.05, 0) is 32.0 Å². The minimum atomic E-state index is -4.60. The second kappa shape index (κ2) is 4.01. The van der Waals surface area contributed by atoms with E-state index in [1.54, 1.807) is 13.8 Å². The number of phenolic OH excluding ortho intramolecular Hbond substituents is 1. The molecule has 0 aliphatic carbocycles. The molecule has 1 heterocycles. The zero-order chi connectivity index (χ0) is 13.5. The molecule has 2 aromatic rings. The fraction of sp³-hybridized carbons (Fsp3) is 0.273. The molecule has 0 aliphatic heterocycles. The molecule has 96 valence electrons. The van der Waals surface area contributed by atoms with E-state index in [0.29, 0.717) is 11.6 Å². The smallest absolute Gasteiger partial charge is 0.420 e. The average molecular weight is 257 g/mol. The zero-order valence-electron chi connectivity index (χ0n) is 9.65. The molecule has 0 atom stereocenters. The molecule has 0 radical (unpaired) electrons. The molecule has 0 fully saturated rings. The Labute approximate surface area is 101 Å². The van der Waals surface area contributed by atoms with E-state index in [4.69, 9.17) is 0 Å². The number of hydrogen-bond acceptors (Lipinski definition) is 3. The molecule has 0 unspecified atom stereocenters. The summed E-state index contributed by atoms with van der Waals surface area (Å²) >= 11 is 0. The summed E-state index contributed by atoms with van der Waals surface area (Å²) in [6.07, 6.45) is -4.60. The highest BCUT2D eigenvalue weighted by Crippen LogP contribution is 2.36. The van der Waals surface area contributed by atoms with Crippen LogP contribution in [-0.2, 0) is 6.18 Å². The van der Waals surface area contributed by atoms with Gasteiger partial charge in [-0.25, -0.2) is 0 Å². The molecule has 18 heavy (non-hydrogen) atoms. The molecule has 0 aliphatic rings. The fourth-order valence-electron chi connectivity index (χ4n) is 1.73. The maximum Gasteiger partial charge on any atom is 0.420 e. The third-order valence-electron chi connectivity index (χ3n) is 2.53. The molecule has 1 aromatic heterocycles. The lowest BCUT2D eigenvalue weighted by Crippen LogP contribution is -2.08. The number of alkyl halides is 3. The van der Waals surface area contributed by atoms with Crippen LogP contribution in [0, 0.1) is 13.8 Å². The van der Waals surface area contributed by atoms with Crippen LogP contribution in [0.5, 0.6) is 5.75 Å². The monoisotopic (exact) mass is 257 g/mol.